The summed E-state index contributed by atoms with van der Waals surface area (Å²) in [7, 11) is 1.58. The minimum absolute atomic E-state index is 0.164. The summed E-state index contributed by atoms with van der Waals surface area (Å²) in [6.07, 6.45) is 5.26. The lowest BCUT2D eigenvalue weighted by Crippen LogP contribution is -2.04. The molecule has 0 saturated carbocycles. The van der Waals surface area contributed by atoms with E-state index in [9.17, 15) is 0 Å². The molecule has 7 heteroatoms. The zero-order chi connectivity index (χ0) is 14.4. The molecule has 4 heterocycles. The molecule has 104 valence electrons. The van der Waals surface area contributed by atoms with Crippen LogP contribution in [0.15, 0.2) is 42.9 Å². The Hall–Kier alpha value is -2.60. The van der Waals surface area contributed by atoms with E-state index in [-0.39, 0.29) is 5.28 Å². The highest BCUT2D eigenvalue weighted by Gasteiger charge is 2.12. The van der Waals surface area contributed by atoms with Crippen molar-refractivity contribution in [2.24, 2.45) is 0 Å². The van der Waals surface area contributed by atoms with Crippen LogP contribution in [0.25, 0.3) is 22.4 Å². The molecule has 4 aromatic heterocycles. The molecular weight excluding hydrogens is 290 g/mol. The van der Waals surface area contributed by atoms with Crippen LogP contribution in [0.3, 0.4) is 0 Å². The highest BCUT2D eigenvalue weighted by atomic mass is 35.5. The predicted molar refractivity (Wildman–Crippen MR) is 79.2 cm³/mol. The second-order valence-corrected chi connectivity index (χ2v) is 4.86. The van der Waals surface area contributed by atoms with Crippen molar-refractivity contribution >= 4 is 28.2 Å². The van der Waals surface area contributed by atoms with Crippen molar-refractivity contribution in [3.05, 3.63) is 48.1 Å². The first-order chi connectivity index (χ1) is 10.3. The fraction of sp³-hybridized carbons (Fsp3) is 0.0714. The third-order valence-electron chi connectivity index (χ3n) is 3.34. The molecule has 21 heavy (non-hydrogen) atoms. The molecule has 6 nitrogen and oxygen atoms in total. The fourth-order valence-electron chi connectivity index (χ4n) is 2.36. The summed E-state index contributed by atoms with van der Waals surface area (Å²) >= 11 is 5.95. The molecule has 5 rings (SSSR count). The molecule has 5 aromatic rings. The number of benzene rings is 1. The quantitative estimate of drug-likeness (QED) is 0.534. The van der Waals surface area contributed by atoms with Gasteiger partial charge in [0.1, 0.15) is 0 Å². The van der Waals surface area contributed by atoms with Gasteiger partial charge >= 0.3 is 0 Å². The van der Waals surface area contributed by atoms with Gasteiger partial charge in [0.2, 0.25) is 5.28 Å². The van der Waals surface area contributed by atoms with Crippen molar-refractivity contribution in [1.82, 2.24) is 24.1 Å². The minimum Gasteiger partial charge on any atom is -0.491 e. The highest BCUT2D eigenvalue weighted by Crippen LogP contribution is 2.25. The number of rotatable bonds is 2. The molecule has 1 aromatic carbocycles. The van der Waals surface area contributed by atoms with E-state index in [2.05, 4.69) is 15.1 Å². The number of fused-ring (bicyclic) bond motifs is 2. The van der Waals surface area contributed by atoms with Gasteiger partial charge in [-0.05, 0) is 35.9 Å². The number of methoxy groups -OCH3 is 1. The predicted octanol–water partition coefficient (Wildman–Crippen LogP) is 2.73. The molecule has 0 aliphatic carbocycles. The largest absolute Gasteiger partial charge is 0.491 e. The molecule has 4 bridgehead atoms. The summed E-state index contributed by atoms with van der Waals surface area (Å²) in [6, 6.07) is 7.99. The van der Waals surface area contributed by atoms with Gasteiger partial charge in [-0.25, -0.2) is 9.50 Å². The van der Waals surface area contributed by atoms with Crippen molar-refractivity contribution in [2.75, 3.05) is 7.11 Å². The molecule has 0 radical (unpaired) electrons. The summed E-state index contributed by atoms with van der Waals surface area (Å²) in [5.74, 6) is 1.11. The summed E-state index contributed by atoms with van der Waals surface area (Å²) in [5, 5.41) is 4.52. The van der Waals surface area contributed by atoms with E-state index in [1.807, 2.05) is 35.0 Å². The van der Waals surface area contributed by atoms with Crippen molar-refractivity contribution in [3.63, 3.8) is 0 Å². The molecule has 0 unspecified atom stereocenters. The van der Waals surface area contributed by atoms with Crippen LogP contribution in [-0.4, -0.2) is 31.3 Å². The Kier molecular flexibility index (Phi) is 2.58. The van der Waals surface area contributed by atoms with Gasteiger partial charge in [0.15, 0.2) is 11.6 Å². The lowest BCUT2D eigenvalue weighted by atomic mass is 10.3. The van der Waals surface area contributed by atoms with Gasteiger partial charge < -0.3 is 4.74 Å². The topological polar surface area (TPSA) is 57.2 Å². The van der Waals surface area contributed by atoms with Crippen LogP contribution in [0.2, 0.25) is 5.28 Å². The molecule has 0 aliphatic heterocycles. The Balaban J connectivity index is 2.17. The van der Waals surface area contributed by atoms with Gasteiger partial charge in [-0.3, -0.25) is 4.57 Å². The maximum atomic E-state index is 5.95. The van der Waals surface area contributed by atoms with Crippen molar-refractivity contribution < 1.29 is 4.74 Å². The van der Waals surface area contributed by atoms with Gasteiger partial charge in [0.25, 0.3) is 0 Å². The first kappa shape index (κ1) is 12.2. The lowest BCUT2D eigenvalue weighted by Gasteiger charge is -2.12. The Bertz CT molecular complexity index is 934. The van der Waals surface area contributed by atoms with Crippen LogP contribution in [0.4, 0.5) is 0 Å². The number of hydrogen-bond acceptors (Lipinski definition) is 4. The second kappa shape index (κ2) is 4.46. The monoisotopic (exact) mass is 299 g/mol. The first-order valence-electron chi connectivity index (χ1n) is 6.28. The van der Waals surface area contributed by atoms with Gasteiger partial charge in [-0.2, -0.15) is 10.1 Å². The standard InChI is InChI=1S/C14H10ClN5O/c1-21-12-7-16-14(15)18-13(12)20-10-4-2-9(3-5-10)19-8-11(20)6-17-19/h2-8H,1H3. The molecule has 0 amide bonds. The van der Waals surface area contributed by atoms with Gasteiger partial charge in [0.05, 0.1) is 36.7 Å². The number of halogens is 1. The third-order valence-corrected chi connectivity index (χ3v) is 3.52. The minimum atomic E-state index is 0.164. The molecule has 0 aliphatic rings. The maximum absolute atomic E-state index is 5.95. The third kappa shape index (κ3) is 1.84. The average Bonchev–Trinajstić information content (AvgIpc) is 2.99. The SMILES string of the molecule is COc1cnc(Cl)nc1-n1c2ccc(cc2)n2cc1cn2. The molecule has 0 N–H and O–H groups in total. The van der Waals surface area contributed by atoms with Crippen LogP contribution in [0, 0.1) is 0 Å². The maximum Gasteiger partial charge on any atom is 0.224 e. The summed E-state index contributed by atoms with van der Waals surface area (Å²) in [6.45, 7) is 0. The van der Waals surface area contributed by atoms with E-state index in [1.54, 1.807) is 24.0 Å². The lowest BCUT2D eigenvalue weighted by molar-refractivity contribution is 0.409. The Morgan fingerprint density at radius 3 is 2.57 bits per heavy atom. The number of hydrogen-bond donors (Lipinski definition) is 0. The average molecular weight is 300 g/mol. The number of aromatic nitrogens is 5. The number of nitrogens with zero attached hydrogens (tertiary/aromatic N) is 5. The van der Waals surface area contributed by atoms with Crippen LogP contribution < -0.4 is 4.74 Å². The molecule has 0 spiro atoms. The van der Waals surface area contributed by atoms with E-state index in [0.717, 1.165) is 16.6 Å². The van der Waals surface area contributed by atoms with E-state index < -0.39 is 0 Å². The van der Waals surface area contributed by atoms with Crippen molar-refractivity contribution in [3.8, 4) is 11.6 Å². The molecular formula is C14H10ClN5O. The van der Waals surface area contributed by atoms with Gasteiger partial charge in [-0.15, -0.1) is 0 Å². The van der Waals surface area contributed by atoms with Crippen LogP contribution >= 0.6 is 11.6 Å². The first-order valence-corrected chi connectivity index (χ1v) is 6.66. The van der Waals surface area contributed by atoms with Crippen molar-refractivity contribution in [2.45, 2.75) is 0 Å². The Morgan fingerprint density at radius 1 is 1.05 bits per heavy atom. The van der Waals surface area contributed by atoms with E-state index in [1.165, 1.54) is 0 Å². The van der Waals surface area contributed by atoms with Crippen LogP contribution in [-0.2, 0) is 0 Å². The van der Waals surface area contributed by atoms with E-state index in [0.29, 0.717) is 11.6 Å². The van der Waals surface area contributed by atoms with Crippen LogP contribution in [0.5, 0.6) is 5.75 Å². The van der Waals surface area contributed by atoms with Gasteiger partial charge in [0, 0.05) is 5.52 Å². The fourth-order valence-corrected chi connectivity index (χ4v) is 2.49. The zero-order valence-corrected chi connectivity index (χ0v) is 11.8. The second-order valence-electron chi connectivity index (χ2n) is 4.53. The summed E-state index contributed by atoms with van der Waals surface area (Å²) in [4.78, 5) is 8.27. The Morgan fingerprint density at radius 2 is 1.81 bits per heavy atom. The molecule has 0 atom stereocenters. The molecule has 0 fully saturated rings. The van der Waals surface area contributed by atoms with E-state index in [4.69, 9.17) is 16.3 Å². The molecule has 0 saturated heterocycles. The Labute approximate surface area is 124 Å². The normalized spacial score (nSPS) is 11.3. The summed E-state index contributed by atoms with van der Waals surface area (Å²) < 4.78 is 9.10. The number of ether oxygens (including phenoxy) is 1. The van der Waals surface area contributed by atoms with Crippen molar-refractivity contribution in [1.29, 1.82) is 0 Å². The summed E-state index contributed by atoms with van der Waals surface area (Å²) in [5.41, 5.74) is 2.84. The van der Waals surface area contributed by atoms with Gasteiger partial charge in [-0.1, -0.05) is 0 Å². The van der Waals surface area contributed by atoms with Crippen LogP contribution in [0.1, 0.15) is 0 Å². The zero-order valence-electron chi connectivity index (χ0n) is 11.1. The van der Waals surface area contributed by atoms with E-state index >= 15 is 0 Å². The highest BCUT2D eigenvalue weighted by molar-refractivity contribution is 6.28. The smallest absolute Gasteiger partial charge is 0.224 e.